The number of rotatable bonds is 9. The molecule has 0 aromatic heterocycles. The highest BCUT2D eigenvalue weighted by molar-refractivity contribution is 6.35. The molecule has 0 saturated heterocycles. The fraction of sp³-hybridized carbons (Fsp3) is 0.300. The number of carbonyl (C=O) groups excluding carboxylic acids is 2. The van der Waals surface area contributed by atoms with E-state index in [2.05, 4.69) is 15.5 Å². The van der Waals surface area contributed by atoms with Crippen molar-refractivity contribution in [3.05, 3.63) is 34.3 Å². The van der Waals surface area contributed by atoms with Gasteiger partial charge in [0.2, 0.25) is 6.04 Å². The van der Waals surface area contributed by atoms with E-state index in [0.717, 1.165) is 0 Å². The topological polar surface area (TPSA) is 108 Å². The Bertz CT molecular complexity index is 1010. The molecule has 0 fully saturated rings. The summed E-state index contributed by atoms with van der Waals surface area (Å²) < 4.78 is 20.7. The van der Waals surface area contributed by atoms with Crippen LogP contribution in [-0.2, 0) is 9.59 Å². The first-order valence-electron chi connectivity index (χ1n) is 8.81. The number of methoxy groups -OCH3 is 4. The van der Waals surface area contributed by atoms with Crippen molar-refractivity contribution in [3.63, 3.8) is 0 Å². The van der Waals surface area contributed by atoms with Gasteiger partial charge in [-0.3, -0.25) is 9.59 Å². The van der Waals surface area contributed by atoms with Gasteiger partial charge in [0.1, 0.15) is 39.4 Å². The zero-order chi connectivity index (χ0) is 23.1. The lowest BCUT2D eigenvalue weighted by Crippen LogP contribution is -2.32. The van der Waals surface area contributed by atoms with Crippen LogP contribution in [-0.4, -0.2) is 46.2 Å². The lowest BCUT2D eigenvalue weighted by molar-refractivity contribution is -0.126. The van der Waals surface area contributed by atoms with Gasteiger partial charge in [0.05, 0.1) is 33.5 Å². The first-order valence-corrected chi connectivity index (χ1v) is 9.57. The lowest BCUT2D eigenvalue weighted by Gasteiger charge is -2.15. The summed E-state index contributed by atoms with van der Waals surface area (Å²) in [6.07, 6.45) is 0. The molecule has 0 aliphatic carbocycles. The van der Waals surface area contributed by atoms with Gasteiger partial charge in [0.15, 0.2) is 5.78 Å². The molecule has 166 valence electrons. The predicted molar refractivity (Wildman–Crippen MR) is 117 cm³/mol. The van der Waals surface area contributed by atoms with Crippen molar-refractivity contribution >= 4 is 46.3 Å². The van der Waals surface area contributed by atoms with E-state index in [9.17, 15) is 9.59 Å². The molecule has 1 N–H and O–H groups in total. The van der Waals surface area contributed by atoms with Gasteiger partial charge in [-0.15, -0.1) is 5.11 Å². The molecule has 31 heavy (non-hydrogen) atoms. The molecule has 0 aliphatic heterocycles. The van der Waals surface area contributed by atoms with E-state index < -0.39 is 17.7 Å². The molecule has 0 radical (unpaired) electrons. The van der Waals surface area contributed by atoms with E-state index in [1.54, 1.807) is 12.1 Å². The third-order valence-corrected chi connectivity index (χ3v) is 4.78. The maximum Gasteiger partial charge on any atom is 0.258 e. The van der Waals surface area contributed by atoms with Crippen molar-refractivity contribution in [1.82, 2.24) is 0 Å². The third-order valence-electron chi connectivity index (χ3n) is 4.12. The second-order valence-corrected chi connectivity index (χ2v) is 6.82. The molecular weight excluding hydrogens is 449 g/mol. The van der Waals surface area contributed by atoms with Crippen LogP contribution in [0.1, 0.15) is 6.92 Å². The molecule has 0 saturated carbocycles. The summed E-state index contributed by atoms with van der Waals surface area (Å²) in [5.74, 6) is -0.0218. The number of nitrogens with one attached hydrogen (secondary N) is 1. The number of ketones is 1. The molecular formula is C20H21Cl2N3O6. The van der Waals surface area contributed by atoms with E-state index in [4.69, 9.17) is 42.1 Å². The molecule has 2 rings (SSSR count). The molecule has 2 aromatic carbocycles. The molecule has 11 heteroatoms. The van der Waals surface area contributed by atoms with Crippen LogP contribution < -0.4 is 24.3 Å². The predicted octanol–water partition coefficient (Wildman–Crippen LogP) is 4.71. The number of anilines is 1. The zero-order valence-electron chi connectivity index (χ0n) is 17.5. The zero-order valence-corrected chi connectivity index (χ0v) is 19.0. The van der Waals surface area contributed by atoms with Gasteiger partial charge in [0, 0.05) is 12.1 Å². The van der Waals surface area contributed by atoms with Gasteiger partial charge >= 0.3 is 0 Å². The minimum Gasteiger partial charge on any atom is -0.497 e. The molecule has 0 spiro atoms. The Morgan fingerprint density at radius 2 is 1.55 bits per heavy atom. The summed E-state index contributed by atoms with van der Waals surface area (Å²) in [7, 11) is 5.73. The van der Waals surface area contributed by atoms with E-state index in [1.807, 2.05) is 0 Å². The number of ether oxygens (including phenoxy) is 4. The molecule has 0 aliphatic rings. The number of azo groups is 1. The number of carbonyl (C=O) groups is 2. The summed E-state index contributed by atoms with van der Waals surface area (Å²) in [5.41, 5.74) is 0.274. The van der Waals surface area contributed by atoms with Crippen LogP contribution in [0.2, 0.25) is 10.0 Å². The highest BCUT2D eigenvalue weighted by atomic mass is 35.5. The van der Waals surface area contributed by atoms with Crippen LogP contribution in [0.4, 0.5) is 11.4 Å². The summed E-state index contributed by atoms with van der Waals surface area (Å²) in [5, 5.41) is 10.7. The quantitative estimate of drug-likeness (QED) is 0.420. The summed E-state index contributed by atoms with van der Waals surface area (Å²) in [4.78, 5) is 24.9. The normalized spacial score (nSPS) is 11.7. The average Bonchev–Trinajstić information content (AvgIpc) is 2.75. The van der Waals surface area contributed by atoms with E-state index in [0.29, 0.717) is 11.5 Å². The molecule has 1 amide bonds. The fourth-order valence-corrected chi connectivity index (χ4v) is 3.05. The maximum atomic E-state index is 12.8. The average molecular weight is 470 g/mol. The Balaban J connectivity index is 2.39. The van der Waals surface area contributed by atoms with Crippen molar-refractivity contribution in [1.29, 1.82) is 0 Å². The number of amides is 1. The minimum atomic E-state index is -1.48. The van der Waals surface area contributed by atoms with Crippen molar-refractivity contribution in [2.75, 3.05) is 33.8 Å². The second-order valence-electron chi connectivity index (χ2n) is 6.04. The van der Waals surface area contributed by atoms with Crippen molar-refractivity contribution in [3.8, 4) is 23.0 Å². The molecule has 9 nitrogen and oxygen atoms in total. The molecule has 2 aromatic rings. The smallest absolute Gasteiger partial charge is 0.258 e. The van der Waals surface area contributed by atoms with Gasteiger partial charge in [-0.05, 0) is 19.1 Å². The summed E-state index contributed by atoms with van der Waals surface area (Å²) in [6.45, 7) is 1.21. The SMILES string of the molecule is COc1cc(Cl)c(NC(=O)C(N=Nc2c(OC)ccc(OC)c2Cl)C(C)=O)c(OC)c1. The first-order chi connectivity index (χ1) is 14.8. The first kappa shape index (κ1) is 24.2. The Labute approximate surface area is 189 Å². The number of benzene rings is 2. The van der Waals surface area contributed by atoms with Gasteiger partial charge in [-0.25, -0.2) is 0 Å². The van der Waals surface area contributed by atoms with Crippen LogP contribution in [0, 0.1) is 0 Å². The van der Waals surface area contributed by atoms with Crippen LogP contribution in [0.15, 0.2) is 34.5 Å². The Morgan fingerprint density at radius 3 is 2.10 bits per heavy atom. The van der Waals surface area contributed by atoms with Crippen LogP contribution in [0.3, 0.4) is 0 Å². The monoisotopic (exact) mass is 469 g/mol. The van der Waals surface area contributed by atoms with E-state index in [1.165, 1.54) is 47.5 Å². The number of halogens is 2. The minimum absolute atomic E-state index is 0.114. The number of hydrogen-bond donors (Lipinski definition) is 1. The van der Waals surface area contributed by atoms with Crippen molar-refractivity contribution in [2.24, 2.45) is 10.2 Å². The highest BCUT2D eigenvalue weighted by Crippen LogP contribution is 2.42. The fourth-order valence-electron chi connectivity index (χ4n) is 2.53. The second kappa shape index (κ2) is 10.8. The summed E-state index contributed by atoms with van der Waals surface area (Å²) >= 11 is 12.5. The van der Waals surface area contributed by atoms with Gasteiger partial charge < -0.3 is 24.3 Å². The van der Waals surface area contributed by atoms with Crippen molar-refractivity contribution in [2.45, 2.75) is 13.0 Å². The number of nitrogens with zero attached hydrogens (tertiary/aromatic N) is 2. The Hall–Kier alpha value is -3.04. The standard InChI is InChI=1S/C20H21Cl2N3O6/c1-10(26)17(24-25-19-14(30-4)7-6-13(29-3)16(19)22)20(27)23-18-12(21)8-11(28-2)9-15(18)31-5/h6-9,17H,1-5H3,(H,23,27). The summed E-state index contributed by atoms with van der Waals surface area (Å²) in [6, 6.07) is 4.71. The van der Waals surface area contributed by atoms with Crippen LogP contribution >= 0.6 is 23.2 Å². The van der Waals surface area contributed by atoms with Gasteiger partial charge in [-0.2, -0.15) is 5.11 Å². The molecule has 1 atom stereocenters. The molecule has 0 heterocycles. The lowest BCUT2D eigenvalue weighted by atomic mass is 10.2. The molecule has 1 unspecified atom stereocenters. The van der Waals surface area contributed by atoms with Gasteiger partial charge in [0.25, 0.3) is 5.91 Å². The Morgan fingerprint density at radius 1 is 0.935 bits per heavy atom. The van der Waals surface area contributed by atoms with Crippen molar-refractivity contribution < 1.29 is 28.5 Å². The van der Waals surface area contributed by atoms with E-state index >= 15 is 0 Å². The Kier molecular flexibility index (Phi) is 8.47. The highest BCUT2D eigenvalue weighted by Gasteiger charge is 2.26. The molecule has 0 bridgehead atoms. The van der Waals surface area contributed by atoms with Gasteiger partial charge in [-0.1, -0.05) is 23.2 Å². The maximum absolute atomic E-state index is 12.8. The van der Waals surface area contributed by atoms with Crippen LogP contribution in [0.5, 0.6) is 23.0 Å². The van der Waals surface area contributed by atoms with E-state index in [-0.39, 0.29) is 32.9 Å². The van der Waals surface area contributed by atoms with Crippen LogP contribution in [0.25, 0.3) is 0 Å². The largest absolute Gasteiger partial charge is 0.497 e. The number of Topliss-reactive ketones (excluding diaryl/α,β-unsaturated/α-hetero) is 1. The third kappa shape index (κ3) is 5.56. The number of hydrogen-bond acceptors (Lipinski definition) is 8.